The molecule has 0 aliphatic heterocycles. The molecule has 0 spiro atoms. The number of fused-ring (bicyclic) bond motifs is 1. The van der Waals surface area contributed by atoms with Crippen LogP contribution in [-0.4, -0.2) is 42.2 Å². The van der Waals surface area contributed by atoms with Crippen LogP contribution in [0.3, 0.4) is 0 Å². The first-order valence-corrected chi connectivity index (χ1v) is 10.2. The summed E-state index contributed by atoms with van der Waals surface area (Å²) in [5.41, 5.74) is 2.21. The number of rotatable bonds is 8. The van der Waals surface area contributed by atoms with Crippen LogP contribution in [0, 0.1) is 0 Å². The van der Waals surface area contributed by atoms with Crippen LogP contribution in [0.4, 0.5) is 8.78 Å². The molecule has 1 fully saturated rings. The molecule has 170 valence electrons. The Bertz CT molecular complexity index is 1160. The summed E-state index contributed by atoms with van der Waals surface area (Å²) in [6, 6.07) is 6.89. The largest absolute Gasteiger partial charge is 0.496 e. The fraction of sp³-hybridized carbons (Fsp3) is 0.391. The highest BCUT2D eigenvalue weighted by molar-refractivity contribution is 6.01. The SMILES string of the molecule is COc1cc(-c2cnc3cc(C(C)(C)OC)ccn23)cc(OC(F)F)c1C(=O)NC1CC1. The van der Waals surface area contributed by atoms with Gasteiger partial charge in [0.1, 0.15) is 22.7 Å². The van der Waals surface area contributed by atoms with E-state index in [1.54, 1.807) is 19.4 Å². The normalized spacial score (nSPS) is 14.1. The number of amides is 1. The number of ether oxygens (including phenoxy) is 3. The number of aromatic nitrogens is 2. The van der Waals surface area contributed by atoms with Crippen molar-refractivity contribution in [3.05, 3.63) is 47.8 Å². The molecule has 1 amide bonds. The van der Waals surface area contributed by atoms with Crippen molar-refractivity contribution in [2.24, 2.45) is 0 Å². The lowest BCUT2D eigenvalue weighted by molar-refractivity contribution is -0.0502. The van der Waals surface area contributed by atoms with Gasteiger partial charge in [-0.25, -0.2) is 4.98 Å². The second kappa shape index (κ2) is 8.38. The zero-order valence-electron chi connectivity index (χ0n) is 18.3. The second-order valence-electron chi connectivity index (χ2n) is 8.18. The molecule has 2 aromatic heterocycles. The molecule has 1 N–H and O–H groups in total. The molecule has 4 rings (SSSR count). The topological polar surface area (TPSA) is 74.1 Å². The van der Waals surface area contributed by atoms with E-state index in [9.17, 15) is 13.6 Å². The molecule has 0 atom stereocenters. The Hall–Kier alpha value is -3.20. The standard InChI is InChI=1S/C23H25F2N3O4/c1-23(2,31-4)14-7-8-28-16(12-26-19(28)11-14)13-9-17(30-3)20(18(10-13)32-22(24)25)21(29)27-15-5-6-15/h7-12,15,22H,5-6H2,1-4H3,(H,27,29). The van der Waals surface area contributed by atoms with Gasteiger partial charge < -0.3 is 19.5 Å². The van der Waals surface area contributed by atoms with Crippen LogP contribution in [0.15, 0.2) is 36.7 Å². The van der Waals surface area contributed by atoms with Crippen LogP contribution in [0.25, 0.3) is 16.9 Å². The molecule has 1 saturated carbocycles. The van der Waals surface area contributed by atoms with Gasteiger partial charge in [0.05, 0.1) is 24.6 Å². The molecule has 32 heavy (non-hydrogen) atoms. The quantitative estimate of drug-likeness (QED) is 0.557. The predicted octanol–water partition coefficient (Wildman–Crippen LogP) is 4.39. The summed E-state index contributed by atoms with van der Waals surface area (Å²) < 4.78 is 43.8. The monoisotopic (exact) mass is 445 g/mol. The highest BCUT2D eigenvalue weighted by Crippen LogP contribution is 2.37. The van der Waals surface area contributed by atoms with Gasteiger partial charge >= 0.3 is 6.61 Å². The maximum absolute atomic E-state index is 13.2. The molecule has 3 aromatic rings. The minimum atomic E-state index is -3.09. The van der Waals surface area contributed by atoms with Crippen LogP contribution < -0.4 is 14.8 Å². The van der Waals surface area contributed by atoms with E-state index in [-0.39, 0.29) is 23.1 Å². The summed E-state index contributed by atoms with van der Waals surface area (Å²) in [5, 5.41) is 2.79. The van der Waals surface area contributed by atoms with Crippen LogP contribution in [0.2, 0.25) is 0 Å². The summed E-state index contributed by atoms with van der Waals surface area (Å²) in [6.07, 6.45) is 5.19. The molecule has 1 aromatic carbocycles. The van der Waals surface area contributed by atoms with Crippen LogP contribution in [0.1, 0.15) is 42.6 Å². The van der Waals surface area contributed by atoms with Crippen molar-refractivity contribution in [3.8, 4) is 22.8 Å². The first kappa shape index (κ1) is 22.0. The average Bonchev–Trinajstić information content (AvgIpc) is 3.47. The first-order chi connectivity index (χ1) is 15.2. The van der Waals surface area contributed by atoms with E-state index in [2.05, 4.69) is 10.3 Å². The minimum absolute atomic E-state index is 0.0515. The molecule has 0 unspecified atom stereocenters. The lowest BCUT2D eigenvalue weighted by atomic mass is 9.99. The van der Waals surface area contributed by atoms with Crippen molar-refractivity contribution in [2.75, 3.05) is 14.2 Å². The molecule has 9 heteroatoms. The average molecular weight is 445 g/mol. The van der Waals surface area contributed by atoms with Crippen molar-refractivity contribution >= 4 is 11.6 Å². The maximum Gasteiger partial charge on any atom is 0.387 e. The van der Waals surface area contributed by atoms with E-state index in [0.717, 1.165) is 18.4 Å². The Kier molecular flexibility index (Phi) is 5.77. The number of hydrogen-bond acceptors (Lipinski definition) is 5. The Morgan fingerprint density at radius 2 is 1.94 bits per heavy atom. The second-order valence-corrected chi connectivity index (χ2v) is 8.18. The summed E-state index contributed by atoms with van der Waals surface area (Å²) in [5.74, 6) is -0.612. The number of halogens is 2. The van der Waals surface area contributed by atoms with Gasteiger partial charge in [-0.15, -0.1) is 0 Å². The summed E-state index contributed by atoms with van der Waals surface area (Å²) in [4.78, 5) is 17.2. The number of imidazole rings is 1. The number of carbonyl (C=O) groups is 1. The van der Waals surface area contributed by atoms with Crippen molar-refractivity contribution in [2.45, 2.75) is 44.9 Å². The van der Waals surface area contributed by atoms with Crippen LogP contribution in [-0.2, 0) is 10.3 Å². The van der Waals surface area contributed by atoms with Crippen molar-refractivity contribution in [1.29, 1.82) is 0 Å². The number of nitrogens with one attached hydrogen (secondary N) is 1. The molecule has 0 bridgehead atoms. The van der Waals surface area contributed by atoms with Gasteiger partial charge in [-0.3, -0.25) is 9.20 Å². The third kappa shape index (κ3) is 4.25. The van der Waals surface area contributed by atoms with Gasteiger partial charge in [0.25, 0.3) is 5.91 Å². The highest BCUT2D eigenvalue weighted by Gasteiger charge is 2.29. The maximum atomic E-state index is 13.2. The molecule has 1 aliphatic rings. The Morgan fingerprint density at radius 1 is 1.22 bits per heavy atom. The molecular formula is C23H25F2N3O4. The van der Waals surface area contributed by atoms with Gasteiger partial charge in [-0.05, 0) is 56.5 Å². The lowest BCUT2D eigenvalue weighted by Gasteiger charge is -2.23. The van der Waals surface area contributed by atoms with E-state index in [4.69, 9.17) is 14.2 Å². The van der Waals surface area contributed by atoms with Gasteiger partial charge in [-0.1, -0.05) is 0 Å². The third-order valence-corrected chi connectivity index (χ3v) is 5.66. The first-order valence-electron chi connectivity index (χ1n) is 10.2. The summed E-state index contributed by atoms with van der Waals surface area (Å²) in [7, 11) is 3.02. The number of carbonyl (C=O) groups excluding carboxylic acids is 1. The van der Waals surface area contributed by atoms with E-state index < -0.39 is 18.1 Å². The van der Waals surface area contributed by atoms with Gasteiger partial charge in [0.2, 0.25) is 0 Å². The predicted molar refractivity (Wildman–Crippen MR) is 114 cm³/mol. The van der Waals surface area contributed by atoms with E-state index in [1.165, 1.54) is 13.2 Å². The summed E-state index contributed by atoms with van der Waals surface area (Å²) in [6.45, 7) is 0.809. The molecular weight excluding hydrogens is 420 g/mol. The van der Waals surface area contributed by atoms with Crippen LogP contribution in [0.5, 0.6) is 11.5 Å². The van der Waals surface area contributed by atoms with E-state index in [0.29, 0.717) is 16.9 Å². The zero-order chi connectivity index (χ0) is 23.0. The summed E-state index contributed by atoms with van der Waals surface area (Å²) >= 11 is 0. The lowest BCUT2D eigenvalue weighted by Crippen LogP contribution is -2.26. The van der Waals surface area contributed by atoms with Crippen LogP contribution >= 0.6 is 0 Å². The van der Waals surface area contributed by atoms with Gasteiger partial charge in [0, 0.05) is 24.9 Å². The van der Waals surface area contributed by atoms with Crippen molar-refractivity contribution < 1.29 is 27.8 Å². The molecule has 0 radical (unpaired) electrons. The van der Waals surface area contributed by atoms with Gasteiger partial charge in [0.15, 0.2) is 0 Å². The molecule has 0 saturated heterocycles. The zero-order valence-corrected chi connectivity index (χ0v) is 18.3. The Labute approximate surface area is 184 Å². The highest BCUT2D eigenvalue weighted by atomic mass is 19.3. The number of methoxy groups -OCH3 is 2. The van der Waals surface area contributed by atoms with E-state index in [1.807, 2.05) is 36.6 Å². The number of nitrogens with zero attached hydrogens (tertiary/aromatic N) is 2. The number of hydrogen-bond donors (Lipinski definition) is 1. The minimum Gasteiger partial charge on any atom is -0.496 e. The van der Waals surface area contributed by atoms with E-state index >= 15 is 0 Å². The van der Waals surface area contributed by atoms with Gasteiger partial charge in [-0.2, -0.15) is 8.78 Å². The van der Waals surface area contributed by atoms with Crippen molar-refractivity contribution in [3.63, 3.8) is 0 Å². The molecule has 1 aliphatic carbocycles. The number of pyridine rings is 1. The third-order valence-electron chi connectivity index (χ3n) is 5.66. The Balaban J connectivity index is 1.81. The smallest absolute Gasteiger partial charge is 0.387 e. The fourth-order valence-electron chi connectivity index (χ4n) is 3.48. The molecule has 2 heterocycles. The van der Waals surface area contributed by atoms with Crippen molar-refractivity contribution in [1.82, 2.24) is 14.7 Å². The number of benzene rings is 1. The fourth-order valence-corrected chi connectivity index (χ4v) is 3.48. The molecule has 7 nitrogen and oxygen atoms in total. The number of alkyl halides is 2. The Morgan fingerprint density at radius 3 is 2.56 bits per heavy atom.